The van der Waals surface area contributed by atoms with Gasteiger partial charge in [-0.05, 0) is 0 Å². The van der Waals surface area contributed by atoms with E-state index in [-0.39, 0.29) is 31.4 Å². The molecule has 0 saturated carbocycles. The Morgan fingerprint density at radius 3 is 2.84 bits per heavy atom. The average Bonchev–Trinajstić information content (AvgIpc) is 3.17. The fraction of sp³-hybridized carbons (Fsp3) is 0.533. The van der Waals surface area contributed by atoms with E-state index in [1.165, 1.54) is 6.20 Å². The number of rotatable bonds is 3. The van der Waals surface area contributed by atoms with E-state index in [1.807, 2.05) is 0 Å². The summed E-state index contributed by atoms with van der Waals surface area (Å²) in [5.41, 5.74) is -0.281. The second-order valence-corrected chi connectivity index (χ2v) is 9.03. The van der Waals surface area contributed by atoms with Crippen molar-refractivity contribution in [2.45, 2.75) is 17.4 Å². The molecule has 0 unspecified atom stereocenters. The van der Waals surface area contributed by atoms with Gasteiger partial charge in [0.15, 0.2) is 9.84 Å². The Labute approximate surface area is 145 Å². The molecule has 25 heavy (non-hydrogen) atoms. The van der Waals surface area contributed by atoms with Crippen LogP contribution in [-0.2, 0) is 28.2 Å². The number of aromatic nitrogens is 4. The van der Waals surface area contributed by atoms with Gasteiger partial charge in [-0.2, -0.15) is 5.10 Å². The van der Waals surface area contributed by atoms with Crippen LogP contribution in [0.1, 0.15) is 10.4 Å². The minimum Gasteiger partial charge on any atom is -0.369 e. The molecule has 2 aromatic heterocycles. The zero-order valence-electron chi connectivity index (χ0n) is 13.8. The van der Waals surface area contributed by atoms with E-state index in [9.17, 15) is 13.2 Å². The zero-order valence-corrected chi connectivity index (χ0v) is 14.6. The van der Waals surface area contributed by atoms with Crippen molar-refractivity contribution < 1.29 is 17.9 Å². The van der Waals surface area contributed by atoms with Gasteiger partial charge in [0, 0.05) is 32.2 Å². The first-order valence-corrected chi connectivity index (χ1v) is 9.68. The van der Waals surface area contributed by atoms with Gasteiger partial charge in [0.2, 0.25) is 0 Å². The summed E-state index contributed by atoms with van der Waals surface area (Å²) in [4.78, 5) is 17.9. The quantitative estimate of drug-likeness (QED) is 0.715. The lowest BCUT2D eigenvalue weighted by atomic mass is 9.95. The van der Waals surface area contributed by atoms with E-state index in [1.54, 1.807) is 46.1 Å². The predicted molar refractivity (Wildman–Crippen MR) is 87.6 cm³/mol. The molecule has 0 N–H and O–H groups in total. The largest absolute Gasteiger partial charge is 0.369 e. The Hall–Kier alpha value is -2.20. The Bertz CT molecular complexity index is 883. The number of carbonyl (C=O) groups is 1. The van der Waals surface area contributed by atoms with Crippen LogP contribution < -0.4 is 0 Å². The van der Waals surface area contributed by atoms with Gasteiger partial charge in [-0.1, -0.05) is 0 Å². The number of sulfone groups is 1. The summed E-state index contributed by atoms with van der Waals surface area (Å²) in [5.74, 6) is -0.212. The number of ether oxygens (including phenoxy) is 1. The third-order valence-electron chi connectivity index (χ3n) is 4.72. The molecular weight excluding hydrogens is 346 g/mol. The lowest BCUT2D eigenvalue weighted by Crippen LogP contribution is -2.70. The molecule has 0 aromatic carbocycles. The number of likely N-dealkylation sites (tertiary alicyclic amines) is 1. The fourth-order valence-electron chi connectivity index (χ4n) is 3.39. The van der Waals surface area contributed by atoms with Crippen LogP contribution in [0, 0.1) is 0 Å². The molecule has 1 amide bonds. The maximum atomic E-state index is 12.6. The third kappa shape index (κ3) is 2.95. The van der Waals surface area contributed by atoms with Crippen LogP contribution in [0.4, 0.5) is 0 Å². The molecule has 0 radical (unpaired) electrons. The Morgan fingerprint density at radius 1 is 1.44 bits per heavy atom. The van der Waals surface area contributed by atoms with Crippen molar-refractivity contribution in [3.63, 3.8) is 0 Å². The van der Waals surface area contributed by atoms with Gasteiger partial charge in [0.05, 0.1) is 43.5 Å². The third-order valence-corrected chi connectivity index (χ3v) is 6.95. The van der Waals surface area contributed by atoms with Crippen molar-refractivity contribution in [2.75, 3.05) is 25.4 Å². The van der Waals surface area contributed by atoms with Crippen LogP contribution in [0.5, 0.6) is 0 Å². The maximum Gasteiger partial charge on any atom is 0.257 e. The van der Waals surface area contributed by atoms with Gasteiger partial charge < -0.3 is 14.2 Å². The molecule has 9 nitrogen and oxygen atoms in total. The zero-order chi connectivity index (χ0) is 17.7. The lowest BCUT2D eigenvalue weighted by Gasteiger charge is -2.52. The highest BCUT2D eigenvalue weighted by molar-refractivity contribution is 7.92. The molecule has 0 aliphatic carbocycles. The summed E-state index contributed by atoms with van der Waals surface area (Å²) in [7, 11) is -1.56. The number of amides is 1. The second kappa shape index (κ2) is 5.67. The van der Waals surface area contributed by atoms with Gasteiger partial charge >= 0.3 is 0 Å². The number of hydrogen-bond donors (Lipinski definition) is 0. The molecule has 4 heterocycles. The highest BCUT2D eigenvalue weighted by Gasteiger charge is 2.53. The maximum absolute atomic E-state index is 12.6. The topological polar surface area (TPSA) is 99.3 Å². The molecule has 2 aromatic rings. The minimum atomic E-state index is -3.31. The molecule has 0 bridgehead atoms. The Morgan fingerprint density at radius 2 is 2.24 bits per heavy atom. The summed E-state index contributed by atoms with van der Waals surface area (Å²) < 4.78 is 34.5. The van der Waals surface area contributed by atoms with E-state index >= 15 is 0 Å². The standard InChI is InChI=1S/C15H19N5O4S/c1-18-5-12(4-17-18)14(21)20-8-15(9-20)10-25(22,23)13(7-24-15)6-19-3-2-16-11-19/h2-5,11,13H,6-10H2,1H3/t13-/m0/s1. The van der Waals surface area contributed by atoms with Gasteiger partial charge in [-0.25, -0.2) is 13.4 Å². The van der Waals surface area contributed by atoms with Crippen LogP contribution >= 0.6 is 0 Å². The van der Waals surface area contributed by atoms with Crippen molar-refractivity contribution in [3.05, 3.63) is 36.7 Å². The molecule has 4 rings (SSSR count). The van der Waals surface area contributed by atoms with E-state index in [0.717, 1.165) is 0 Å². The van der Waals surface area contributed by atoms with Crippen LogP contribution in [-0.4, -0.2) is 74.9 Å². The molecule has 2 aliphatic rings. The first-order chi connectivity index (χ1) is 11.9. The van der Waals surface area contributed by atoms with Crippen LogP contribution in [0.2, 0.25) is 0 Å². The highest BCUT2D eigenvalue weighted by atomic mass is 32.2. The highest BCUT2D eigenvalue weighted by Crippen LogP contribution is 2.33. The predicted octanol–water partition coefficient (Wildman–Crippen LogP) is -0.675. The molecular formula is C15H19N5O4S. The second-order valence-electron chi connectivity index (χ2n) is 6.75. The van der Waals surface area contributed by atoms with Crippen molar-refractivity contribution in [1.29, 1.82) is 0 Å². The number of carbonyl (C=O) groups excluding carboxylic acids is 1. The molecule has 134 valence electrons. The van der Waals surface area contributed by atoms with Crippen molar-refractivity contribution >= 4 is 15.7 Å². The molecule has 1 atom stereocenters. The molecule has 2 aliphatic heterocycles. The summed E-state index contributed by atoms with van der Waals surface area (Å²) in [6.45, 7) is 1.04. The summed E-state index contributed by atoms with van der Waals surface area (Å²) >= 11 is 0. The van der Waals surface area contributed by atoms with Gasteiger partial charge in [0.25, 0.3) is 5.91 Å². The van der Waals surface area contributed by atoms with Crippen molar-refractivity contribution in [2.24, 2.45) is 7.05 Å². The number of aryl methyl sites for hydroxylation is 1. The smallest absolute Gasteiger partial charge is 0.257 e. The summed E-state index contributed by atoms with van der Waals surface area (Å²) in [6, 6.07) is 0. The molecule has 10 heteroatoms. The molecule has 1 spiro atoms. The first-order valence-electron chi connectivity index (χ1n) is 7.96. The number of hydrogen-bond acceptors (Lipinski definition) is 6. The average molecular weight is 365 g/mol. The first kappa shape index (κ1) is 16.3. The van der Waals surface area contributed by atoms with E-state index in [0.29, 0.717) is 12.1 Å². The minimum absolute atomic E-state index is 0.0593. The monoisotopic (exact) mass is 365 g/mol. The van der Waals surface area contributed by atoms with E-state index in [4.69, 9.17) is 4.74 Å². The van der Waals surface area contributed by atoms with Crippen LogP contribution in [0.15, 0.2) is 31.1 Å². The number of imidazole rings is 1. The normalized spacial score (nSPS) is 24.2. The Kier molecular flexibility index (Phi) is 3.69. The Balaban J connectivity index is 1.40. The van der Waals surface area contributed by atoms with Gasteiger partial charge in [-0.15, -0.1) is 0 Å². The number of nitrogens with zero attached hydrogens (tertiary/aromatic N) is 5. The van der Waals surface area contributed by atoms with E-state index in [2.05, 4.69) is 10.1 Å². The SMILES string of the molecule is Cn1cc(C(=O)N2CC3(C2)CS(=O)(=O)[C@@H](Cn2ccnc2)CO3)cn1. The van der Waals surface area contributed by atoms with Crippen LogP contribution in [0.3, 0.4) is 0 Å². The molecule has 2 saturated heterocycles. The van der Waals surface area contributed by atoms with Crippen molar-refractivity contribution in [1.82, 2.24) is 24.2 Å². The van der Waals surface area contributed by atoms with Gasteiger partial charge in [0.1, 0.15) is 10.9 Å². The van der Waals surface area contributed by atoms with Crippen molar-refractivity contribution in [3.8, 4) is 0 Å². The lowest BCUT2D eigenvalue weighted by molar-refractivity contribution is -0.121. The fourth-order valence-corrected chi connectivity index (χ4v) is 5.30. The molecule has 2 fully saturated rings. The summed E-state index contributed by atoms with van der Waals surface area (Å²) in [6.07, 6.45) is 8.10. The summed E-state index contributed by atoms with van der Waals surface area (Å²) in [5, 5.41) is 3.40. The van der Waals surface area contributed by atoms with Crippen LogP contribution in [0.25, 0.3) is 0 Å². The van der Waals surface area contributed by atoms with E-state index < -0.39 is 20.7 Å². The van der Waals surface area contributed by atoms with Gasteiger partial charge in [-0.3, -0.25) is 9.48 Å².